The molecule has 0 bridgehead atoms. The molecule has 37 heavy (non-hydrogen) atoms. The molecule has 194 valence electrons. The van der Waals surface area contributed by atoms with Crippen molar-refractivity contribution in [3.63, 3.8) is 0 Å². The van der Waals surface area contributed by atoms with Crippen molar-refractivity contribution >= 4 is 11.7 Å². The summed E-state index contributed by atoms with van der Waals surface area (Å²) in [6.07, 6.45) is 7.41. The average molecular weight is 497 g/mol. The summed E-state index contributed by atoms with van der Waals surface area (Å²) in [7, 11) is 0. The van der Waals surface area contributed by atoms with Crippen molar-refractivity contribution in [2.45, 2.75) is 71.3 Å². The summed E-state index contributed by atoms with van der Waals surface area (Å²) >= 11 is 0. The van der Waals surface area contributed by atoms with Gasteiger partial charge in [0, 0.05) is 6.54 Å². The van der Waals surface area contributed by atoms with E-state index in [1.807, 2.05) is 17.9 Å². The third-order valence-corrected chi connectivity index (χ3v) is 8.21. The number of anilines is 1. The highest BCUT2D eigenvalue weighted by Crippen LogP contribution is 2.39. The van der Waals surface area contributed by atoms with E-state index in [0.29, 0.717) is 19.0 Å². The summed E-state index contributed by atoms with van der Waals surface area (Å²) in [4.78, 5) is 14.9. The van der Waals surface area contributed by atoms with Gasteiger partial charge in [0.15, 0.2) is 0 Å². The molecular formula is C33H40N2O2. The summed E-state index contributed by atoms with van der Waals surface area (Å²) < 4.78 is 6.18. The maximum atomic E-state index is 13.1. The SMILES string of the molecule is CCC1CCC(c2ccc(-c3ccc4c(c3)OC(C)CN4C(=O)NCCc3ccc(C)cc3)cc2)CC1. The second kappa shape index (κ2) is 11.4. The van der Waals surface area contributed by atoms with Gasteiger partial charge < -0.3 is 10.1 Å². The van der Waals surface area contributed by atoms with Crippen LogP contribution in [0.5, 0.6) is 5.75 Å². The molecule has 2 amide bonds. The maximum Gasteiger partial charge on any atom is 0.322 e. The van der Waals surface area contributed by atoms with Crippen LogP contribution >= 0.6 is 0 Å². The molecule has 3 aromatic rings. The van der Waals surface area contributed by atoms with Crippen molar-refractivity contribution in [1.82, 2.24) is 5.32 Å². The number of ether oxygens (including phenoxy) is 1. The summed E-state index contributed by atoms with van der Waals surface area (Å²) in [5.74, 6) is 2.39. The van der Waals surface area contributed by atoms with Crippen LogP contribution in [0.4, 0.5) is 10.5 Å². The lowest BCUT2D eigenvalue weighted by atomic mass is 9.77. The second-order valence-electron chi connectivity index (χ2n) is 10.9. The molecule has 1 heterocycles. The lowest BCUT2D eigenvalue weighted by molar-refractivity contribution is 0.205. The average Bonchev–Trinajstić information content (AvgIpc) is 2.93. The van der Waals surface area contributed by atoms with Crippen LogP contribution in [-0.4, -0.2) is 25.2 Å². The number of hydrogen-bond acceptors (Lipinski definition) is 2. The van der Waals surface area contributed by atoms with Crippen LogP contribution in [0.2, 0.25) is 0 Å². The molecule has 1 atom stereocenters. The van der Waals surface area contributed by atoms with Gasteiger partial charge in [0.1, 0.15) is 11.9 Å². The van der Waals surface area contributed by atoms with Crippen LogP contribution in [0.3, 0.4) is 0 Å². The number of benzene rings is 3. The monoisotopic (exact) mass is 496 g/mol. The van der Waals surface area contributed by atoms with E-state index in [1.165, 1.54) is 54.4 Å². The fourth-order valence-electron chi connectivity index (χ4n) is 5.83. The molecule has 1 aliphatic heterocycles. The van der Waals surface area contributed by atoms with Gasteiger partial charge in [-0.3, -0.25) is 4.90 Å². The van der Waals surface area contributed by atoms with E-state index in [1.54, 1.807) is 0 Å². The van der Waals surface area contributed by atoms with Crippen molar-refractivity contribution in [1.29, 1.82) is 0 Å². The van der Waals surface area contributed by atoms with Crippen LogP contribution in [0.15, 0.2) is 66.7 Å². The van der Waals surface area contributed by atoms with Crippen molar-refractivity contribution < 1.29 is 9.53 Å². The van der Waals surface area contributed by atoms with Crippen molar-refractivity contribution in [3.05, 3.63) is 83.4 Å². The number of urea groups is 1. The Bertz CT molecular complexity index is 1190. The minimum absolute atomic E-state index is 0.0637. The normalized spacial score (nSPS) is 21.2. The van der Waals surface area contributed by atoms with E-state index in [2.05, 4.69) is 79.8 Å². The highest BCUT2D eigenvalue weighted by Gasteiger charge is 2.28. The van der Waals surface area contributed by atoms with Crippen LogP contribution in [0, 0.1) is 12.8 Å². The highest BCUT2D eigenvalue weighted by atomic mass is 16.5. The standard InChI is InChI=1S/C33H40N2O2/c1-4-25-9-11-27(12-10-25)28-13-15-29(16-14-28)30-17-18-31-32(21-30)37-24(3)22-35(31)33(36)34-20-19-26-7-5-23(2)6-8-26/h5-8,13-18,21,24-25,27H,4,9-12,19-20,22H2,1-3H3,(H,34,36). The Balaban J connectivity index is 1.25. The smallest absolute Gasteiger partial charge is 0.322 e. The van der Waals surface area contributed by atoms with Gasteiger partial charge >= 0.3 is 6.03 Å². The predicted molar refractivity (Wildman–Crippen MR) is 153 cm³/mol. The van der Waals surface area contributed by atoms with Crippen molar-refractivity contribution in [2.75, 3.05) is 18.0 Å². The molecule has 1 fully saturated rings. The van der Waals surface area contributed by atoms with E-state index in [4.69, 9.17) is 4.74 Å². The third kappa shape index (κ3) is 6.01. The zero-order chi connectivity index (χ0) is 25.8. The Kier molecular flexibility index (Phi) is 7.83. The molecule has 0 aromatic heterocycles. The van der Waals surface area contributed by atoms with Crippen molar-refractivity contribution in [2.24, 2.45) is 5.92 Å². The molecule has 0 spiro atoms. The number of fused-ring (bicyclic) bond motifs is 1. The molecule has 1 aliphatic carbocycles. The largest absolute Gasteiger partial charge is 0.487 e. The molecule has 2 aliphatic rings. The van der Waals surface area contributed by atoms with Gasteiger partial charge in [0.05, 0.1) is 12.2 Å². The first-order valence-corrected chi connectivity index (χ1v) is 14.0. The van der Waals surface area contributed by atoms with E-state index in [0.717, 1.165) is 29.3 Å². The van der Waals surface area contributed by atoms with Gasteiger partial charge in [0.25, 0.3) is 0 Å². The van der Waals surface area contributed by atoms with Gasteiger partial charge in [-0.1, -0.05) is 73.5 Å². The zero-order valence-electron chi connectivity index (χ0n) is 22.5. The molecule has 4 nitrogen and oxygen atoms in total. The number of hydrogen-bond donors (Lipinski definition) is 1. The summed E-state index contributed by atoms with van der Waals surface area (Å²) in [6.45, 7) is 7.57. The topological polar surface area (TPSA) is 41.6 Å². The number of rotatable bonds is 6. The lowest BCUT2D eigenvalue weighted by Crippen LogP contribution is -2.47. The minimum atomic E-state index is -0.0709. The summed E-state index contributed by atoms with van der Waals surface area (Å²) in [5, 5.41) is 3.10. The van der Waals surface area contributed by atoms with Crippen LogP contribution in [0.1, 0.15) is 68.6 Å². The number of nitrogens with one attached hydrogen (secondary N) is 1. The number of aryl methyl sites for hydroxylation is 1. The number of nitrogens with zero attached hydrogens (tertiary/aromatic N) is 1. The van der Waals surface area contributed by atoms with Crippen LogP contribution in [-0.2, 0) is 6.42 Å². The molecule has 1 unspecified atom stereocenters. The molecule has 0 saturated heterocycles. The van der Waals surface area contributed by atoms with E-state index >= 15 is 0 Å². The molecule has 0 radical (unpaired) electrons. The highest BCUT2D eigenvalue weighted by molar-refractivity contribution is 5.94. The Labute approximate surface area is 222 Å². The van der Waals surface area contributed by atoms with Crippen LogP contribution < -0.4 is 15.0 Å². The molecule has 3 aromatic carbocycles. The first-order valence-electron chi connectivity index (χ1n) is 14.0. The fraction of sp³-hybridized carbons (Fsp3) is 0.424. The quantitative estimate of drug-likeness (QED) is 0.377. The zero-order valence-corrected chi connectivity index (χ0v) is 22.5. The van der Waals surface area contributed by atoms with Crippen molar-refractivity contribution in [3.8, 4) is 16.9 Å². The van der Waals surface area contributed by atoms with Gasteiger partial charge in [-0.2, -0.15) is 0 Å². The Morgan fingerprint density at radius 3 is 2.35 bits per heavy atom. The lowest BCUT2D eigenvalue weighted by Gasteiger charge is -2.33. The number of carbonyl (C=O) groups excluding carboxylic acids is 1. The summed E-state index contributed by atoms with van der Waals surface area (Å²) in [6, 6.07) is 23.7. The first-order chi connectivity index (χ1) is 18.0. The maximum absolute atomic E-state index is 13.1. The van der Waals surface area contributed by atoms with Gasteiger partial charge in [-0.05, 0) is 92.2 Å². The van der Waals surface area contributed by atoms with Crippen LogP contribution in [0.25, 0.3) is 11.1 Å². The number of amides is 2. The van der Waals surface area contributed by atoms with E-state index in [-0.39, 0.29) is 12.1 Å². The molecule has 1 saturated carbocycles. The Hall–Kier alpha value is -3.27. The molecule has 5 rings (SSSR count). The van der Waals surface area contributed by atoms with Gasteiger partial charge in [0.2, 0.25) is 0 Å². The summed E-state index contributed by atoms with van der Waals surface area (Å²) in [5.41, 5.74) is 7.08. The van der Waals surface area contributed by atoms with Gasteiger partial charge in [-0.25, -0.2) is 4.79 Å². The molecular weight excluding hydrogens is 456 g/mol. The Morgan fingerprint density at radius 1 is 0.946 bits per heavy atom. The second-order valence-corrected chi connectivity index (χ2v) is 10.9. The fourth-order valence-corrected chi connectivity index (χ4v) is 5.83. The first kappa shape index (κ1) is 25.4. The minimum Gasteiger partial charge on any atom is -0.487 e. The molecule has 4 heteroatoms. The molecule has 1 N–H and O–H groups in total. The number of carbonyl (C=O) groups is 1. The van der Waals surface area contributed by atoms with E-state index < -0.39 is 0 Å². The third-order valence-electron chi connectivity index (χ3n) is 8.21. The van der Waals surface area contributed by atoms with Gasteiger partial charge in [-0.15, -0.1) is 0 Å². The van der Waals surface area contributed by atoms with E-state index in [9.17, 15) is 4.79 Å². The predicted octanol–water partition coefficient (Wildman–Crippen LogP) is 7.89. The Morgan fingerprint density at radius 2 is 1.65 bits per heavy atom.